The summed E-state index contributed by atoms with van der Waals surface area (Å²) in [6.07, 6.45) is 0. The number of nitrogens with one attached hydrogen (secondary N) is 1. The van der Waals surface area contributed by atoms with Crippen LogP contribution in [0.15, 0.2) is 58.5 Å². The quantitative estimate of drug-likeness (QED) is 0.603. The molecule has 29 heavy (non-hydrogen) atoms. The summed E-state index contributed by atoms with van der Waals surface area (Å²) in [5.41, 5.74) is 3.42. The lowest BCUT2D eigenvalue weighted by atomic mass is 10.1. The Bertz CT molecular complexity index is 1180. The number of thioether (sulfide) groups is 1. The summed E-state index contributed by atoms with van der Waals surface area (Å²) in [5.74, 6) is 0.135. The van der Waals surface area contributed by atoms with Crippen molar-refractivity contribution >= 4 is 44.3 Å². The third-order valence-electron chi connectivity index (χ3n) is 4.51. The van der Waals surface area contributed by atoms with Gasteiger partial charge in [0.1, 0.15) is 0 Å². The molecule has 1 heterocycles. The van der Waals surface area contributed by atoms with E-state index in [1.165, 1.54) is 30.2 Å². The highest BCUT2D eigenvalue weighted by Gasteiger charge is 2.18. The van der Waals surface area contributed by atoms with E-state index in [-0.39, 0.29) is 16.6 Å². The first-order valence-electron chi connectivity index (χ1n) is 9.00. The van der Waals surface area contributed by atoms with Gasteiger partial charge >= 0.3 is 0 Å². The van der Waals surface area contributed by atoms with Crippen molar-refractivity contribution in [1.29, 1.82) is 0 Å². The van der Waals surface area contributed by atoms with Crippen LogP contribution in [0.2, 0.25) is 0 Å². The minimum atomic E-state index is -3.50. The number of hydrogen-bond acceptors (Lipinski definition) is 5. The molecule has 0 atom stereocenters. The average molecular weight is 430 g/mol. The van der Waals surface area contributed by atoms with Crippen LogP contribution in [0.25, 0.3) is 10.9 Å². The Morgan fingerprint density at radius 1 is 1.07 bits per heavy atom. The number of aryl methyl sites for hydroxylation is 2. The van der Waals surface area contributed by atoms with Gasteiger partial charge in [0.2, 0.25) is 15.9 Å². The number of rotatable bonds is 6. The summed E-state index contributed by atoms with van der Waals surface area (Å²) in [6.45, 7) is 3.86. The van der Waals surface area contributed by atoms with Crippen molar-refractivity contribution < 1.29 is 13.2 Å². The molecule has 0 radical (unpaired) electrons. The van der Waals surface area contributed by atoms with E-state index < -0.39 is 10.0 Å². The highest BCUT2D eigenvalue weighted by molar-refractivity contribution is 7.99. The Labute approximate surface area is 175 Å². The number of fused-ring (bicyclic) bond motifs is 1. The second-order valence-electron chi connectivity index (χ2n) is 6.90. The number of aromatic nitrogens is 1. The predicted octanol–water partition coefficient (Wildman–Crippen LogP) is 3.83. The molecular formula is C21H23N3O3S2. The summed E-state index contributed by atoms with van der Waals surface area (Å²) in [4.78, 5) is 17.1. The van der Waals surface area contributed by atoms with Crippen molar-refractivity contribution in [2.75, 3.05) is 25.2 Å². The van der Waals surface area contributed by atoms with Crippen molar-refractivity contribution in [1.82, 2.24) is 9.29 Å². The Hall–Kier alpha value is -2.42. The molecule has 0 spiro atoms. The average Bonchev–Trinajstić information content (AvgIpc) is 2.68. The summed E-state index contributed by atoms with van der Waals surface area (Å²) >= 11 is 1.35. The lowest BCUT2D eigenvalue weighted by molar-refractivity contribution is -0.113. The van der Waals surface area contributed by atoms with E-state index >= 15 is 0 Å². The summed E-state index contributed by atoms with van der Waals surface area (Å²) in [5, 5.41) is 4.41. The van der Waals surface area contributed by atoms with Crippen LogP contribution in [-0.4, -0.2) is 43.5 Å². The minimum Gasteiger partial charge on any atom is -0.325 e. The number of anilines is 1. The molecule has 0 unspecified atom stereocenters. The van der Waals surface area contributed by atoms with Gasteiger partial charge in [-0.05, 0) is 55.3 Å². The summed E-state index contributed by atoms with van der Waals surface area (Å²) in [7, 11) is -0.490. The molecule has 0 aliphatic carbocycles. The number of amides is 1. The molecule has 0 bridgehead atoms. The molecule has 3 rings (SSSR count). The maximum Gasteiger partial charge on any atom is 0.242 e. The molecule has 0 saturated heterocycles. The van der Waals surface area contributed by atoms with Gasteiger partial charge in [0, 0.05) is 25.2 Å². The Morgan fingerprint density at radius 3 is 2.48 bits per heavy atom. The number of benzene rings is 2. The van der Waals surface area contributed by atoms with Gasteiger partial charge in [-0.3, -0.25) is 4.79 Å². The monoisotopic (exact) mass is 429 g/mol. The van der Waals surface area contributed by atoms with Gasteiger partial charge in [0.15, 0.2) is 0 Å². The zero-order valence-corrected chi connectivity index (χ0v) is 18.4. The van der Waals surface area contributed by atoms with Gasteiger partial charge in [-0.25, -0.2) is 17.7 Å². The van der Waals surface area contributed by atoms with Crippen molar-refractivity contribution in [3.63, 3.8) is 0 Å². The molecule has 6 nitrogen and oxygen atoms in total. The largest absolute Gasteiger partial charge is 0.325 e. The third-order valence-corrected chi connectivity index (χ3v) is 7.23. The first kappa shape index (κ1) is 21.3. The van der Waals surface area contributed by atoms with Crippen LogP contribution >= 0.6 is 11.8 Å². The van der Waals surface area contributed by atoms with Crippen molar-refractivity contribution in [2.24, 2.45) is 0 Å². The zero-order chi connectivity index (χ0) is 21.2. The number of hydrogen-bond donors (Lipinski definition) is 1. The van der Waals surface area contributed by atoms with Crippen LogP contribution in [-0.2, 0) is 14.8 Å². The molecule has 0 saturated carbocycles. The van der Waals surface area contributed by atoms with Crippen LogP contribution in [0.4, 0.5) is 5.69 Å². The van der Waals surface area contributed by atoms with Crippen LogP contribution in [0.5, 0.6) is 0 Å². The summed E-state index contributed by atoms with van der Waals surface area (Å²) < 4.78 is 25.9. The van der Waals surface area contributed by atoms with Crippen LogP contribution in [0.3, 0.4) is 0 Å². The molecule has 152 valence electrons. The zero-order valence-electron chi connectivity index (χ0n) is 16.8. The number of pyridine rings is 1. The molecule has 1 amide bonds. The fraction of sp³-hybridized carbons (Fsp3) is 0.238. The van der Waals surface area contributed by atoms with Gasteiger partial charge in [-0.1, -0.05) is 30.0 Å². The maximum absolute atomic E-state index is 12.4. The van der Waals surface area contributed by atoms with Crippen LogP contribution in [0.1, 0.15) is 11.1 Å². The molecule has 2 aromatic carbocycles. The van der Waals surface area contributed by atoms with Crippen molar-refractivity contribution in [2.45, 2.75) is 23.8 Å². The lowest BCUT2D eigenvalue weighted by Gasteiger charge is -2.13. The SMILES string of the molecule is Cc1ccccc1NC(=O)CSc1cc(C)c2cc(S(=O)(=O)N(C)C)ccc2n1. The van der Waals surface area contributed by atoms with E-state index in [0.29, 0.717) is 5.52 Å². The van der Waals surface area contributed by atoms with Gasteiger partial charge in [0.05, 0.1) is 21.2 Å². The van der Waals surface area contributed by atoms with Gasteiger partial charge < -0.3 is 5.32 Å². The topological polar surface area (TPSA) is 79.4 Å². The van der Waals surface area contributed by atoms with E-state index in [2.05, 4.69) is 10.3 Å². The van der Waals surface area contributed by atoms with Crippen LogP contribution in [0, 0.1) is 13.8 Å². The van der Waals surface area contributed by atoms with E-state index in [9.17, 15) is 13.2 Å². The first-order chi connectivity index (χ1) is 13.7. The Balaban J connectivity index is 1.77. The lowest BCUT2D eigenvalue weighted by Crippen LogP contribution is -2.22. The fourth-order valence-corrected chi connectivity index (χ4v) is 4.53. The van der Waals surface area contributed by atoms with Crippen molar-refractivity contribution in [3.8, 4) is 0 Å². The number of carbonyl (C=O) groups excluding carboxylic acids is 1. The number of sulfonamides is 1. The first-order valence-corrected chi connectivity index (χ1v) is 11.4. The van der Waals surface area contributed by atoms with E-state index in [1.54, 1.807) is 18.2 Å². The molecule has 0 aliphatic rings. The molecule has 8 heteroatoms. The molecular weight excluding hydrogens is 406 g/mol. The highest BCUT2D eigenvalue weighted by atomic mass is 32.2. The van der Waals surface area contributed by atoms with Gasteiger partial charge in [0.25, 0.3) is 0 Å². The predicted molar refractivity (Wildman–Crippen MR) is 118 cm³/mol. The van der Waals surface area contributed by atoms with Crippen LogP contribution < -0.4 is 5.32 Å². The number of para-hydroxylation sites is 1. The van der Waals surface area contributed by atoms with E-state index in [1.807, 2.05) is 44.2 Å². The number of nitrogens with zero attached hydrogens (tertiary/aromatic N) is 2. The Morgan fingerprint density at radius 2 is 1.79 bits per heavy atom. The fourth-order valence-electron chi connectivity index (χ4n) is 2.83. The van der Waals surface area contributed by atoms with Gasteiger partial charge in [-0.2, -0.15) is 0 Å². The van der Waals surface area contributed by atoms with E-state index in [0.717, 1.165) is 27.2 Å². The second-order valence-corrected chi connectivity index (χ2v) is 10.0. The normalized spacial score (nSPS) is 11.8. The maximum atomic E-state index is 12.4. The molecule has 1 aromatic heterocycles. The summed E-state index contributed by atoms with van der Waals surface area (Å²) in [6, 6.07) is 14.4. The minimum absolute atomic E-state index is 0.101. The molecule has 0 aliphatic heterocycles. The Kier molecular flexibility index (Phi) is 6.26. The van der Waals surface area contributed by atoms with Crippen molar-refractivity contribution in [3.05, 3.63) is 59.7 Å². The third kappa shape index (κ3) is 4.77. The molecule has 3 aromatic rings. The second kappa shape index (κ2) is 8.52. The molecule has 0 fully saturated rings. The standard InChI is InChI=1S/C21H23N3O3S2/c1-14-7-5-6-8-18(14)22-20(25)13-28-21-11-15(2)17-12-16(9-10-19(17)23-21)29(26,27)24(3)4/h5-12H,13H2,1-4H3,(H,22,25). The van der Waals surface area contributed by atoms with Gasteiger partial charge in [-0.15, -0.1) is 0 Å². The number of carbonyl (C=O) groups is 1. The smallest absolute Gasteiger partial charge is 0.242 e. The molecule has 1 N–H and O–H groups in total. The van der Waals surface area contributed by atoms with E-state index in [4.69, 9.17) is 0 Å². The highest BCUT2D eigenvalue weighted by Crippen LogP contribution is 2.27.